The van der Waals surface area contributed by atoms with Crippen LogP contribution < -0.4 is 10.6 Å². The van der Waals surface area contributed by atoms with Gasteiger partial charge in [-0.15, -0.1) is 0 Å². The van der Waals surface area contributed by atoms with Gasteiger partial charge < -0.3 is 15.4 Å². The number of fused-ring (bicyclic) bond motifs is 1. The van der Waals surface area contributed by atoms with Crippen molar-refractivity contribution in [3.8, 4) is 0 Å². The van der Waals surface area contributed by atoms with Gasteiger partial charge in [0, 0.05) is 45.0 Å². The van der Waals surface area contributed by atoms with Crippen LogP contribution in [0.2, 0.25) is 0 Å². The molecule has 1 aliphatic heterocycles. The first-order chi connectivity index (χ1) is 21.2. The number of alkyl halides is 5. The number of nitrogens with one attached hydrogen (secondary N) is 2. The molecule has 4 heterocycles. The van der Waals surface area contributed by atoms with E-state index >= 15 is 0 Å². The number of amides is 2. The summed E-state index contributed by atoms with van der Waals surface area (Å²) in [6, 6.07) is 3.88. The average Bonchev–Trinajstić information content (AvgIpc) is 3.63. The molecule has 0 radical (unpaired) electrons. The minimum Gasteiger partial charge on any atom is -0.468 e. The first-order valence-electron chi connectivity index (χ1n) is 14.7. The normalized spacial score (nSPS) is 23.0. The molecule has 1 aliphatic carbocycles. The number of aromatic nitrogens is 5. The molecule has 45 heavy (non-hydrogen) atoms. The number of aryl methyl sites for hydroxylation is 1. The molecule has 3 aromatic rings. The largest absolute Gasteiger partial charge is 0.468 e. The van der Waals surface area contributed by atoms with Crippen molar-refractivity contribution in [3.05, 3.63) is 47.7 Å². The van der Waals surface area contributed by atoms with Gasteiger partial charge in [-0.25, -0.2) is 18.3 Å². The third-order valence-electron chi connectivity index (χ3n) is 8.68. The molecule has 0 aromatic carbocycles. The molecule has 16 heteroatoms. The predicted molar refractivity (Wildman–Crippen MR) is 148 cm³/mol. The highest BCUT2D eigenvalue weighted by Crippen LogP contribution is 2.42. The molecule has 1 unspecified atom stereocenters. The smallest absolute Gasteiger partial charge is 0.389 e. The van der Waals surface area contributed by atoms with E-state index in [-0.39, 0.29) is 56.7 Å². The van der Waals surface area contributed by atoms with E-state index in [1.165, 1.54) is 27.7 Å². The first kappa shape index (κ1) is 32.3. The lowest BCUT2D eigenvalue weighted by Gasteiger charge is -2.37. The lowest BCUT2D eigenvalue weighted by molar-refractivity contribution is -0.169. The zero-order chi connectivity index (χ0) is 32.6. The van der Waals surface area contributed by atoms with Crippen molar-refractivity contribution in [2.75, 3.05) is 13.7 Å². The molecule has 2 fully saturated rings. The van der Waals surface area contributed by atoms with Gasteiger partial charge in [0.1, 0.15) is 5.69 Å². The van der Waals surface area contributed by atoms with Gasteiger partial charge in [-0.2, -0.15) is 23.4 Å². The fraction of sp³-hybridized carbons (Fsp3) is 0.586. The third kappa shape index (κ3) is 6.93. The molecule has 3 aromatic heterocycles. The molecule has 2 aliphatic rings. The Bertz CT molecular complexity index is 1550. The van der Waals surface area contributed by atoms with Crippen LogP contribution in [-0.2, 0) is 27.3 Å². The van der Waals surface area contributed by atoms with Crippen LogP contribution in [-0.4, -0.2) is 67.9 Å². The van der Waals surface area contributed by atoms with Crippen LogP contribution in [0.25, 0.3) is 5.65 Å². The van der Waals surface area contributed by atoms with Crippen molar-refractivity contribution in [1.29, 1.82) is 0 Å². The molecule has 1 saturated heterocycles. The van der Waals surface area contributed by atoms with Gasteiger partial charge in [0.25, 0.3) is 5.91 Å². The number of imidazole rings is 1. The van der Waals surface area contributed by atoms with E-state index in [4.69, 9.17) is 4.74 Å². The highest BCUT2D eigenvalue weighted by molar-refractivity contribution is 6.03. The van der Waals surface area contributed by atoms with Gasteiger partial charge in [-0.3, -0.25) is 19.1 Å². The van der Waals surface area contributed by atoms with Gasteiger partial charge in [0.15, 0.2) is 11.1 Å². The molecular weight excluding hydrogens is 605 g/mol. The summed E-state index contributed by atoms with van der Waals surface area (Å²) >= 11 is 0. The van der Waals surface area contributed by atoms with Crippen LogP contribution in [0.4, 0.5) is 22.0 Å². The van der Waals surface area contributed by atoms with E-state index in [9.17, 15) is 36.3 Å². The van der Waals surface area contributed by atoms with Crippen LogP contribution >= 0.6 is 0 Å². The van der Waals surface area contributed by atoms with Crippen LogP contribution in [0, 0.1) is 17.3 Å². The number of carbonyl (C=O) groups is 3. The zero-order valence-electron chi connectivity index (χ0n) is 24.7. The summed E-state index contributed by atoms with van der Waals surface area (Å²) in [6.07, 6.45) is -3.73. The average molecular weight is 640 g/mol. The minimum atomic E-state index is -4.49. The second-order valence-electron chi connectivity index (χ2n) is 11.8. The lowest BCUT2D eigenvalue weighted by atomic mass is 9.71. The van der Waals surface area contributed by atoms with Crippen LogP contribution in [0.5, 0.6) is 0 Å². The Labute approximate surface area is 254 Å². The third-order valence-corrected chi connectivity index (χ3v) is 8.68. The predicted octanol–water partition coefficient (Wildman–Crippen LogP) is 4.03. The molecule has 5 rings (SSSR count). The minimum absolute atomic E-state index is 0.146. The second kappa shape index (κ2) is 12.4. The molecule has 244 valence electrons. The van der Waals surface area contributed by atoms with E-state index in [1.54, 1.807) is 12.1 Å². The Morgan fingerprint density at radius 2 is 1.93 bits per heavy atom. The maximum Gasteiger partial charge on any atom is 0.389 e. The van der Waals surface area contributed by atoms with Crippen LogP contribution in [0.3, 0.4) is 0 Å². The summed E-state index contributed by atoms with van der Waals surface area (Å²) in [4.78, 5) is 43.8. The lowest BCUT2D eigenvalue weighted by Crippen LogP contribution is -2.56. The molecular formula is C29H34F5N7O4. The van der Waals surface area contributed by atoms with E-state index in [2.05, 4.69) is 25.8 Å². The first-order valence-corrected chi connectivity index (χ1v) is 14.7. The Kier molecular flexibility index (Phi) is 8.86. The van der Waals surface area contributed by atoms with Gasteiger partial charge in [-0.05, 0) is 56.2 Å². The second-order valence-corrected chi connectivity index (χ2v) is 11.8. The number of piperidine rings is 1. The van der Waals surface area contributed by atoms with E-state index < -0.39 is 53.7 Å². The summed E-state index contributed by atoms with van der Waals surface area (Å²) in [6.45, 7) is 2.04. The van der Waals surface area contributed by atoms with Crippen molar-refractivity contribution >= 4 is 23.4 Å². The van der Waals surface area contributed by atoms with E-state index in [1.807, 2.05) is 6.92 Å². The number of rotatable bonds is 9. The number of carbonyl (C=O) groups excluding carboxylic acids is 3. The standard InChI is InChI=1S/C29H34F5N7O4/c1-3-40-21(8-11-36-40)24(42)38-23(18-6-9-28(30,31)10-7-18)20-16-41-22(37-20)5-4-19(39-41)14-27(26(44)45-2)12-17(13-29(32,33)34)15-35-25(27)43/h4-5,8,11,16-18,23H,3,6-7,9-10,12-15H2,1-2H3,(H,35,43)(H,38,42)/t17?,23-,27+/m0/s1. The number of methoxy groups -OCH3 is 1. The maximum atomic E-state index is 14.0. The van der Waals surface area contributed by atoms with Crippen LogP contribution in [0.15, 0.2) is 30.6 Å². The van der Waals surface area contributed by atoms with Crippen molar-refractivity contribution in [3.63, 3.8) is 0 Å². The molecule has 2 amide bonds. The number of ether oxygens (including phenoxy) is 1. The highest BCUT2D eigenvalue weighted by Gasteiger charge is 2.53. The van der Waals surface area contributed by atoms with Gasteiger partial charge in [0.05, 0.1) is 30.7 Å². The molecule has 11 nitrogen and oxygen atoms in total. The van der Waals surface area contributed by atoms with Gasteiger partial charge in [0.2, 0.25) is 11.8 Å². The number of hydrogen-bond acceptors (Lipinski definition) is 7. The molecule has 1 saturated carbocycles. The Balaban J connectivity index is 1.45. The molecule has 2 N–H and O–H groups in total. The van der Waals surface area contributed by atoms with Crippen molar-refractivity contribution in [1.82, 2.24) is 35.0 Å². The molecule has 3 atom stereocenters. The Morgan fingerprint density at radius 3 is 2.60 bits per heavy atom. The molecule has 0 bridgehead atoms. The zero-order valence-corrected chi connectivity index (χ0v) is 24.7. The number of nitrogens with zero attached hydrogens (tertiary/aromatic N) is 5. The van der Waals surface area contributed by atoms with E-state index in [0.717, 1.165) is 7.11 Å². The number of hydrogen-bond donors (Lipinski definition) is 2. The summed E-state index contributed by atoms with van der Waals surface area (Å²) in [5.41, 5.74) is -0.712. The highest BCUT2D eigenvalue weighted by atomic mass is 19.4. The summed E-state index contributed by atoms with van der Waals surface area (Å²) in [5, 5.41) is 14.0. The summed E-state index contributed by atoms with van der Waals surface area (Å²) in [5.74, 6) is -6.34. The van der Waals surface area contributed by atoms with Crippen molar-refractivity contribution in [2.24, 2.45) is 17.3 Å². The number of esters is 1. The fourth-order valence-electron chi connectivity index (χ4n) is 6.45. The topological polar surface area (TPSA) is 133 Å². The van der Waals surface area contributed by atoms with E-state index in [0.29, 0.717) is 23.6 Å². The molecule has 0 spiro atoms. The van der Waals surface area contributed by atoms with Crippen molar-refractivity contribution < 1.29 is 41.1 Å². The monoisotopic (exact) mass is 639 g/mol. The Morgan fingerprint density at radius 1 is 1.20 bits per heavy atom. The Hall–Kier alpha value is -4.11. The number of halogens is 5. The quantitative estimate of drug-likeness (QED) is 0.205. The van der Waals surface area contributed by atoms with Crippen LogP contribution in [0.1, 0.15) is 73.4 Å². The van der Waals surface area contributed by atoms with Crippen molar-refractivity contribution in [2.45, 2.75) is 76.6 Å². The summed E-state index contributed by atoms with van der Waals surface area (Å²) < 4.78 is 75.4. The summed E-state index contributed by atoms with van der Waals surface area (Å²) in [7, 11) is 1.06. The maximum absolute atomic E-state index is 14.0. The SMILES string of the molecule is CCn1nccc1C(=O)N[C@H](c1cn2nc(C[C@]3(C(=O)OC)CC(CC(F)(F)F)CNC3=O)ccc2n1)C1CCC(F)(F)CC1. The van der Waals surface area contributed by atoms with Gasteiger partial charge >= 0.3 is 12.1 Å². The fourth-order valence-corrected chi connectivity index (χ4v) is 6.45. The van der Waals surface area contributed by atoms with Gasteiger partial charge in [-0.1, -0.05) is 0 Å².